The Bertz CT molecular complexity index is 1650. The third kappa shape index (κ3) is 15.4. The van der Waals surface area contributed by atoms with Crippen LogP contribution in [0.2, 0.25) is 20.2 Å². The molecule has 5 rings (SSSR count). The van der Waals surface area contributed by atoms with E-state index in [1.807, 2.05) is 0 Å². The second-order valence-electron chi connectivity index (χ2n) is 9.73. The van der Waals surface area contributed by atoms with Gasteiger partial charge in [-0.1, -0.05) is 82.3 Å². The molecule has 3 heterocycles. The molecule has 0 aliphatic rings. The van der Waals surface area contributed by atoms with Crippen molar-refractivity contribution in [3.8, 4) is 0 Å². The summed E-state index contributed by atoms with van der Waals surface area (Å²) in [6, 6.07) is 22.3. The summed E-state index contributed by atoms with van der Waals surface area (Å²) >= 11 is 34.2. The third-order valence-corrected chi connectivity index (χ3v) is 9.53. The monoisotopic (exact) mass is 797 g/mol. The molecule has 48 heavy (non-hydrogen) atoms. The summed E-state index contributed by atoms with van der Waals surface area (Å²) < 4.78 is 1.87. The number of hydrogen-bond donors (Lipinski definition) is 0. The molecule has 3 aromatic heterocycles. The fourth-order valence-electron chi connectivity index (χ4n) is 3.52. The van der Waals surface area contributed by atoms with Crippen molar-refractivity contribution < 1.29 is 49.2 Å². The minimum absolute atomic E-state index is 0. The summed E-state index contributed by atoms with van der Waals surface area (Å²) in [5.41, 5.74) is 7.49. The number of thioether (sulfide) groups is 1. The Morgan fingerprint density at radius 3 is 1.54 bits per heavy atom. The second kappa shape index (κ2) is 23.6. The number of alkyl halides is 1. The molecule has 0 bridgehead atoms. The fourth-order valence-corrected chi connectivity index (χ4v) is 5.69. The Morgan fingerprint density at radius 2 is 1.10 bits per heavy atom. The average Bonchev–Trinajstić information content (AvgIpc) is 3.02. The summed E-state index contributed by atoms with van der Waals surface area (Å²) in [5.74, 6) is 1.37. The zero-order valence-electron chi connectivity index (χ0n) is 26.8. The van der Waals surface area contributed by atoms with Gasteiger partial charge in [0.15, 0.2) is 18.6 Å². The van der Waals surface area contributed by atoms with Crippen molar-refractivity contribution in [1.29, 1.82) is 0 Å². The number of benzene rings is 2. The summed E-state index contributed by atoms with van der Waals surface area (Å²) in [5, 5.41) is 34.5. The van der Waals surface area contributed by atoms with Gasteiger partial charge in [0.25, 0.3) is 5.03 Å². The Balaban J connectivity index is 0.000000638. The fraction of sp³-hybridized carbons (Fsp3) is 0.182. The first-order valence-electron chi connectivity index (χ1n) is 13.5. The largest absolute Gasteiger partial charge is 1.00 e. The molecule has 0 saturated carbocycles. The van der Waals surface area contributed by atoms with Gasteiger partial charge in [0, 0.05) is 29.8 Å². The molecule has 0 spiro atoms. The maximum atomic E-state index is 11.6. The SMILES string of the molecule is Cc1ccc(C)c(CCl)c1.Cc1ccc(C)c(CSc2c(Cl)ccc[n+]2[O-])c1.O.[Na+].[O-][n+]1cccc(Cl)c1Cl.[O-][n+]1cccc(Cl)c1[S-]. The van der Waals surface area contributed by atoms with Crippen molar-refractivity contribution in [3.63, 3.8) is 0 Å². The third-order valence-electron chi connectivity index (χ3n) is 6.11. The minimum Gasteiger partial charge on any atom is -0.708 e. The van der Waals surface area contributed by atoms with Crippen molar-refractivity contribution in [2.24, 2.45) is 0 Å². The van der Waals surface area contributed by atoms with Crippen LogP contribution in [-0.4, -0.2) is 5.48 Å². The predicted molar refractivity (Wildman–Crippen MR) is 196 cm³/mol. The van der Waals surface area contributed by atoms with E-state index in [2.05, 4.69) is 76.7 Å². The number of halogens is 5. The van der Waals surface area contributed by atoms with Crippen LogP contribution in [0.15, 0.2) is 101 Å². The van der Waals surface area contributed by atoms with Crippen molar-refractivity contribution in [3.05, 3.63) is 161 Å². The number of nitrogens with zero attached hydrogens (tertiary/aromatic N) is 3. The number of aromatic nitrogens is 3. The van der Waals surface area contributed by atoms with Crippen LogP contribution in [0.3, 0.4) is 0 Å². The first-order valence-corrected chi connectivity index (χ1v) is 17.0. The van der Waals surface area contributed by atoms with Crippen molar-refractivity contribution in [2.75, 3.05) is 0 Å². The van der Waals surface area contributed by atoms with Gasteiger partial charge in [-0.05, 0) is 91.5 Å². The Labute approximate surface area is 338 Å². The van der Waals surface area contributed by atoms with Crippen LogP contribution >= 0.6 is 69.8 Å². The molecule has 0 unspecified atom stereocenters. The van der Waals surface area contributed by atoms with Crippen molar-refractivity contribution >= 4 is 82.4 Å². The van der Waals surface area contributed by atoms with E-state index in [4.69, 9.17) is 58.0 Å². The quantitative estimate of drug-likeness (QED) is 0.0447. The maximum absolute atomic E-state index is 11.6. The van der Waals surface area contributed by atoms with Gasteiger partial charge in [0.2, 0.25) is 0 Å². The van der Waals surface area contributed by atoms with Crippen LogP contribution < -0.4 is 43.7 Å². The molecule has 0 amide bonds. The van der Waals surface area contributed by atoms with Gasteiger partial charge >= 0.3 is 34.7 Å². The van der Waals surface area contributed by atoms with E-state index >= 15 is 0 Å². The predicted octanol–water partition coefficient (Wildman–Crippen LogP) is 5.61. The Hall–Kier alpha value is -1.73. The van der Waals surface area contributed by atoms with Gasteiger partial charge < -0.3 is 33.7 Å². The Morgan fingerprint density at radius 1 is 0.646 bits per heavy atom. The summed E-state index contributed by atoms with van der Waals surface area (Å²) in [6.07, 6.45) is 4.07. The molecule has 2 N–H and O–H groups in total. The molecule has 252 valence electrons. The van der Waals surface area contributed by atoms with E-state index < -0.39 is 0 Å². The number of pyridine rings is 3. The van der Waals surface area contributed by atoms with Gasteiger partial charge in [-0.3, -0.25) is 0 Å². The van der Waals surface area contributed by atoms with Crippen molar-refractivity contribution in [1.82, 2.24) is 0 Å². The van der Waals surface area contributed by atoms with E-state index in [9.17, 15) is 15.6 Å². The summed E-state index contributed by atoms with van der Waals surface area (Å²) in [7, 11) is 0. The number of hydrogen-bond acceptors (Lipinski definition) is 5. The number of rotatable bonds is 4. The summed E-state index contributed by atoms with van der Waals surface area (Å²) in [4.78, 5) is 0. The van der Waals surface area contributed by atoms with Crippen LogP contribution in [-0.2, 0) is 24.3 Å². The van der Waals surface area contributed by atoms with Gasteiger partial charge in [-0.2, -0.15) is 14.2 Å². The van der Waals surface area contributed by atoms with Gasteiger partial charge in [0.1, 0.15) is 10.0 Å². The molecule has 2 aromatic carbocycles. The molecule has 0 atom stereocenters. The smallest absolute Gasteiger partial charge is 0.708 e. The summed E-state index contributed by atoms with van der Waals surface area (Å²) in [6.45, 7) is 8.30. The normalized spacial score (nSPS) is 9.60. The van der Waals surface area contributed by atoms with Crippen LogP contribution in [0.25, 0.3) is 0 Å². The first-order chi connectivity index (χ1) is 21.7. The van der Waals surface area contributed by atoms with Crippen LogP contribution in [0.4, 0.5) is 0 Å². The average molecular weight is 800 g/mol. The second-order valence-corrected chi connectivity index (χ2v) is 12.9. The van der Waals surface area contributed by atoms with E-state index in [0.29, 0.717) is 30.4 Å². The zero-order valence-corrected chi connectivity index (χ0v) is 34.3. The van der Waals surface area contributed by atoms with E-state index in [1.54, 1.807) is 30.3 Å². The molecule has 0 radical (unpaired) electrons. The van der Waals surface area contributed by atoms with Crippen LogP contribution in [0.5, 0.6) is 0 Å². The first kappa shape index (κ1) is 46.3. The minimum atomic E-state index is 0. The molecule has 15 heteroatoms. The van der Waals surface area contributed by atoms with Gasteiger partial charge in [-0.25, -0.2) is 0 Å². The molecular weight excluding hydrogens is 767 g/mol. The van der Waals surface area contributed by atoms with Gasteiger partial charge in [-0.15, -0.1) is 11.6 Å². The van der Waals surface area contributed by atoms with E-state index in [0.717, 1.165) is 10.5 Å². The van der Waals surface area contributed by atoms with E-state index in [1.165, 1.54) is 69.8 Å². The van der Waals surface area contributed by atoms with Crippen LogP contribution in [0, 0.1) is 43.3 Å². The number of aryl methyl sites for hydroxylation is 4. The van der Waals surface area contributed by atoms with Gasteiger partial charge in [0.05, 0.1) is 10.0 Å². The molecule has 0 aliphatic carbocycles. The topological polar surface area (TPSA) is 112 Å². The van der Waals surface area contributed by atoms with Crippen molar-refractivity contribution in [2.45, 2.75) is 49.4 Å². The molecule has 5 aromatic rings. The maximum Gasteiger partial charge on any atom is 1.00 e. The molecule has 0 fully saturated rings. The standard InChI is InChI=1S/C14H14ClNOS.C9H11Cl.C5H3Cl2NO.C5H4ClNOS.Na.H2O/c1-10-5-6-11(2)12(8-10)9-18-14-13(15)4-3-7-16(14)17;1-7-3-4-8(2)9(5-7)6-10;6-4-2-1-3-8(9)5(4)7;6-4-2-1-3-7(8)5(4)9;;/h3-8H,9H2,1-2H3;3-5H,6H2,1-2H3;1-3H;1-3,9H;;1H2/q;;;;+1;/p-1. The van der Waals surface area contributed by atoms with E-state index in [-0.39, 0.29) is 50.2 Å². The molecule has 7 nitrogen and oxygen atoms in total. The Kier molecular flexibility index (Phi) is 22.8. The zero-order chi connectivity index (χ0) is 34.4. The molecular formula is C33H33Cl5N3NaO4S2. The molecule has 0 aliphatic heterocycles. The molecule has 0 saturated heterocycles. The van der Waals surface area contributed by atoms with Crippen LogP contribution in [0.1, 0.15) is 33.4 Å².